The van der Waals surface area contributed by atoms with Crippen LogP contribution in [0.1, 0.15) is 23.3 Å². The van der Waals surface area contributed by atoms with Crippen LogP contribution in [0, 0.1) is 0 Å². The van der Waals surface area contributed by atoms with Crippen molar-refractivity contribution in [2.45, 2.75) is 13.6 Å². The van der Waals surface area contributed by atoms with Gasteiger partial charge in [0.25, 0.3) is 5.91 Å². The molecule has 3 aromatic carbocycles. The van der Waals surface area contributed by atoms with Crippen molar-refractivity contribution < 1.29 is 27.5 Å². The Hall–Kier alpha value is -4.31. The minimum Gasteiger partial charge on any atom is -0.457 e. The number of nitrogens with one attached hydrogen (secondary N) is 2. The van der Waals surface area contributed by atoms with E-state index in [0.717, 1.165) is 17.5 Å². The van der Waals surface area contributed by atoms with E-state index in [1.807, 2.05) is 0 Å². The molecule has 0 bridgehead atoms. The number of pyridine rings is 1. The van der Waals surface area contributed by atoms with E-state index in [9.17, 15) is 22.8 Å². The maximum absolute atomic E-state index is 13.1. The van der Waals surface area contributed by atoms with Gasteiger partial charge in [0.05, 0.1) is 10.6 Å². The first kappa shape index (κ1) is 28.3. The van der Waals surface area contributed by atoms with Crippen molar-refractivity contribution in [1.29, 1.82) is 0 Å². The number of amides is 3. The van der Waals surface area contributed by atoms with Crippen LogP contribution in [0.15, 0.2) is 72.9 Å². The maximum Gasteiger partial charge on any atom is 0.417 e. The lowest BCUT2D eigenvalue weighted by Gasteiger charge is -2.13. The monoisotopic (exact) mass is 544 g/mol. The van der Waals surface area contributed by atoms with Crippen molar-refractivity contribution in [3.8, 4) is 11.5 Å². The molecule has 2 N–H and O–H groups in total. The lowest BCUT2D eigenvalue weighted by atomic mass is 10.1. The van der Waals surface area contributed by atoms with Gasteiger partial charge in [-0.1, -0.05) is 31.2 Å². The second kappa shape index (κ2) is 11.4. The van der Waals surface area contributed by atoms with Gasteiger partial charge in [-0.05, 0) is 59.3 Å². The van der Waals surface area contributed by atoms with Crippen molar-refractivity contribution in [3.05, 3.63) is 89.1 Å². The summed E-state index contributed by atoms with van der Waals surface area (Å²) in [7, 11) is 3.21. The van der Waals surface area contributed by atoms with E-state index in [1.165, 1.54) is 17.2 Å². The molecule has 4 rings (SSSR count). The molecule has 1 heterocycles. The van der Waals surface area contributed by atoms with Gasteiger partial charge in [-0.15, -0.1) is 0 Å². The van der Waals surface area contributed by atoms with Crippen LogP contribution in [0.5, 0.6) is 11.5 Å². The number of anilines is 2. The number of urea groups is 1. The number of carbonyl (C=O) groups excluding carboxylic acids is 2. The van der Waals surface area contributed by atoms with Crippen LogP contribution < -0.4 is 15.4 Å². The average Bonchev–Trinajstić information content (AvgIpc) is 2.84. The highest BCUT2D eigenvalue weighted by molar-refractivity contribution is 6.31. The van der Waals surface area contributed by atoms with Crippen molar-refractivity contribution in [2.75, 3.05) is 24.7 Å². The van der Waals surface area contributed by atoms with Crippen molar-refractivity contribution in [2.24, 2.45) is 0 Å². The Morgan fingerprint density at radius 2 is 1.61 bits per heavy atom. The van der Waals surface area contributed by atoms with Gasteiger partial charge < -0.3 is 15.0 Å². The summed E-state index contributed by atoms with van der Waals surface area (Å²) in [4.78, 5) is 30.1. The first-order chi connectivity index (χ1) is 17.5. The van der Waals surface area contributed by atoms with Crippen LogP contribution in [-0.2, 0) is 6.18 Å². The topological polar surface area (TPSA) is 83.6 Å². The lowest BCUT2D eigenvalue weighted by molar-refractivity contribution is -0.137. The highest BCUT2D eigenvalue weighted by Gasteiger charge is 2.33. The summed E-state index contributed by atoms with van der Waals surface area (Å²) in [6.45, 7) is 0. The zero-order chi connectivity index (χ0) is 26.7. The van der Waals surface area contributed by atoms with E-state index in [4.69, 9.17) is 16.3 Å². The minimum atomic E-state index is -4.65. The second-order valence-electron chi connectivity index (χ2n) is 8.17. The second-order valence-corrected chi connectivity index (χ2v) is 8.58. The lowest BCUT2D eigenvalue weighted by Crippen LogP contribution is -2.27. The standard InChI is InChI=1S/C26H20ClF3N4O3.CH4/c1-34(2)25(36)33-23-14-20(9-10-31-23)37-19-7-5-15-3-4-16(11-17(15)12-19)24(35)32-18-6-8-22(27)21(13-18)26(28,29)30;/h3-14H,1-2H3,(H,32,35)(H,31,33,36);1H4. The fourth-order valence-electron chi connectivity index (χ4n) is 3.35. The molecule has 0 atom stereocenters. The molecule has 0 saturated heterocycles. The van der Waals surface area contributed by atoms with E-state index in [1.54, 1.807) is 62.6 Å². The molecule has 0 aliphatic rings. The molecule has 0 radical (unpaired) electrons. The number of aromatic nitrogens is 1. The zero-order valence-electron chi connectivity index (χ0n) is 19.6. The number of hydrogen-bond donors (Lipinski definition) is 2. The van der Waals surface area contributed by atoms with E-state index < -0.39 is 22.7 Å². The van der Waals surface area contributed by atoms with Crippen molar-refractivity contribution in [1.82, 2.24) is 9.88 Å². The quantitative estimate of drug-likeness (QED) is 0.270. The van der Waals surface area contributed by atoms with Gasteiger partial charge in [-0.2, -0.15) is 13.2 Å². The molecular weight excluding hydrogens is 521 g/mol. The molecule has 7 nitrogen and oxygen atoms in total. The first-order valence-corrected chi connectivity index (χ1v) is 11.2. The fourth-order valence-corrected chi connectivity index (χ4v) is 3.58. The zero-order valence-corrected chi connectivity index (χ0v) is 20.3. The first-order valence-electron chi connectivity index (χ1n) is 10.8. The molecule has 0 aliphatic heterocycles. The van der Waals surface area contributed by atoms with E-state index >= 15 is 0 Å². The van der Waals surface area contributed by atoms with E-state index in [0.29, 0.717) is 22.7 Å². The van der Waals surface area contributed by atoms with Crippen molar-refractivity contribution in [3.63, 3.8) is 0 Å². The predicted molar refractivity (Wildman–Crippen MR) is 142 cm³/mol. The highest BCUT2D eigenvalue weighted by Crippen LogP contribution is 2.36. The van der Waals surface area contributed by atoms with Crippen LogP contribution in [0.3, 0.4) is 0 Å². The molecule has 4 aromatic rings. The Kier molecular flexibility index (Phi) is 8.47. The van der Waals surface area contributed by atoms with Gasteiger partial charge in [0.2, 0.25) is 0 Å². The molecule has 0 unspecified atom stereocenters. The maximum atomic E-state index is 13.1. The van der Waals surface area contributed by atoms with Gasteiger partial charge >= 0.3 is 12.2 Å². The van der Waals surface area contributed by atoms with Crippen LogP contribution in [0.25, 0.3) is 10.8 Å². The summed E-state index contributed by atoms with van der Waals surface area (Å²) in [6, 6.07) is 16.2. The minimum absolute atomic E-state index is 0. The van der Waals surface area contributed by atoms with Crippen LogP contribution >= 0.6 is 11.6 Å². The Morgan fingerprint density at radius 3 is 2.32 bits per heavy atom. The summed E-state index contributed by atoms with van der Waals surface area (Å²) in [5.41, 5.74) is -0.827. The smallest absolute Gasteiger partial charge is 0.417 e. The SMILES string of the molecule is C.CN(C)C(=O)Nc1cc(Oc2ccc3ccc(C(=O)Nc4ccc(Cl)c(C(F)(F)F)c4)cc3c2)ccn1. The number of alkyl halides is 3. The molecule has 38 heavy (non-hydrogen) atoms. The number of fused-ring (bicyclic) bond motifs is 1. The van der Waals surface area contributed by atoms with Crippen LogP contribution in [0.4, 0.5) is 29.5 Å². The van der Waals surface area contributed by atoms with Gasteiger partial charge in [-0.25, -0.2) is 9.78 Å². The number of ether oxygens (including phenoxy) is 1. The summed E-state index contributed by atoms with van der Waals surface area (Å²) in [5.74, 6) is 0.625. The van der Waals surface area contributed by atoms with Gasteiger partial charge in [0, 0.05) is 37.6 Å². The van der Waals surface area contributed by atoms with Crippen LogP contribution in [0.2, 0.25) is 5.02 Å². The third-order valence-electron chi connectivity index (χ3n) is 5.21. The Labute approximate surface area is 222 Å². The number of hydrogen-bond acceptors (Lipinski definition) is 4. The molecule has 0 fully saturated rings. The van der Waals surface area contributed by atoms with Gasteiger partial charge in [-0.3, -0.25) is 10.1 Å². The molecule has 0 saturated carbocycles. The Bertz CT molecular complexity index is 1490. The predicted octanol–water partition coefficient (Wildman–Crippen LogP) is 7.68. The van der Waals surface area contributed by atoms with Gasteiger partial charge in [0.15, 0.2) is 0 Å². The molecule has 198 valence electrons. The normalized spacial score (nSPS) is 10.9. The molecule has 0 spiro atoms. The molecular formula is C27H24ClF3N4O3. The number of carbonyl (C=O) groups is 2. The largest absolute Gasteiger partial charge is 0.457 e. The van der Waals surface area contributed by atoms with E-state index in [2.05, 4.69) is 15.6 Å². The molecule has 11 heteroatoms. The van der Waals surface area contributed by atoms with Crippen molar-refractivity contribution >= 4 is 45.8 Å². The molecule has 1 aromatic heterocycles. The number of benzene rings is 3. The number of rotatable bonds is 5. The average molecular weight is 545 g/mol. The number of halogens is 4. The third-order valence-corrected chi connectivity index (χ3v) is 5.54. The van der Waals surface area contributed by atoms with Crippen LogP contribution in [-0.4, -0.2) is 35.9 Å². The fraction of sp³-hybridized carbons (Fsp3) is 0.148. The Balaban J connectivity index is 0.00000400. The molecule has 3 amide bonds. The Morgan fingerprint density at radius 1 is 0.895 bits per heavy atom. The summed E-state index contributed by atoms with van der Waals surface area (Å²) in [6.07, 6.45) is -3.16. The third kappa shape index (κ3) is 6.71. The summed E-state index contributed by atoms with van der Waals surface area (Å²) >= 11 is 5.65. The summed E-state index contributed by atoms with van der Waals surface area (Å²) < 4.78 is 45.3. The molecule has 0 aliphatic carbocycles. The van der Waals surface area contributed by atoms with Gasteiger partial charge in [0.1, 0.15) is 17.3 Å². The summed E-state index contributed by atoms with van der Waals surface area (Å²) in [5, 5.41) is 6.15. The highest BCUT2D eigenvalue weighted by atomic mass is 35.5. The number of nitrogens with zero attached hydrogens (tertiary/aromatic N) is 2. The van der Waals surface area contributed by atoms with E-state index in [-0.39, 0.29) is 24.7 Å².